The topological polar surface area (TPSA) is 173 Å². The average Bonchev–Trinajstić information content (AvgIpc) is 4.04. The molecular weight excluding hydrogens is 836 g/mol. The number of sulfonamides is 1. The lowest BCUT2D eigenvalue weighted by Crippen LogP contribution is -2.51. The van der Waals surface area contributed by atoms with Crippen LogP contribution in [0, 0.1) is 11.3 Å². The highest BCUT2D eigenvalue weighted by atomic mass is 35.5. The van der Waals surface area contributed by atoms with E-state index in [1.165, 1.54) is 38.0 Å². The van der Waals surface area contributed by atoms with Crippen molar-refractivity contribution >= 4 is 71.8 Å². The Bertz CT molecular complexity index is 2740. The zero-order valence-corrected chi connectivity index (χ0v) is 38.6. The summed E-state index contributed by atoms with van der Waals surface area (Å²) in [5, 5.41) is 23.3. The van der Waals surface area contributed by atoms with Gasteiger partial charge in [0.1, 0.15) is 5.60 Å². The third-order valence-corrected chi connectivity index (χ3v) is 14.4. The molecule has 0 aliphatic carbocycles. The van der Waals surface area contributed by atoms with Gasteiger partial charge in [-0.3, -0.25) is 9.59 Å². The molecule has 9 rings (SSSR count). The van der Waals surface area contributed by atoms with Gasteiger partial charge in [0.05, 0.1) is 17.9 Å². The monoisotopic (exact) mass is 894 g/mol. The first-order chi connectivity index (χ1) is 29.8. The molecule has 15 heteroatoms. The lowest BCUT2D eigenvalue weighted by molar-refractivity contribution is -0.149. The number of fused-ring (bicyclic) bond motifs is 3. The number of nitrogens with one attached hydrogen (secondary N) is 3. The normalized spacial score (nSPS) is 18.7. The number of carbonyl (C=O) groups excluding carboxylic acids is 2. The van der Waals surface area contributed by atoms with Crippen molar-refractivity contribution in [3.05, 3.63) is 101 Å². The Kier molecular flexibility index (Phi) is 13.4. The molecule has 2 amide bonds. The Morgan fingerprint density at radius 1 is 0.794 bits per heavy atom. The molecule has 3 saturated heterocycles. The van der Waals surface area contributed by atoms with Crippen LogP contribution >= 0.6 is 11.6 Å². The molecule has 0 saturated carbocycles. The second-order valence-corrected chi connectivity index (χ2v) is 20.6. The van der Waals surface area contributed by atoms with Crippen LogP contribution in [0.25, 0.3) is 32.7 Å². The molecule has 3 aromatic carbocycles. The van der Waals surface area contributed by atoms with E-state index < -0.39 is 15.6 Å². The van der Waals surface area contributed by atoms with E-state index >= 15 is 0 Å². The second kappa shape index (κ2) is 18.4. The Labute approximate surface area is 375 Å². The maximum absolute atomic E-state index is 12.1. The fourth-order valence-electron chi connectivity index (χ4n) is 9.73. The van der Waals surface area contributed by atoms with Gasteiger partial charge in [-0.25, -0.2) is 8.42 Å². The summed E-state index contributed by atoms with van der Waals surface area (Å²) in [5.41, 5.74) is 6.08. The Balaban J connectivity index is 0.000000142. The molecule has 0 spiro atoms. The molecule has 6 heterocycles. The molecule has 1 atom stereocenters. The summed E-state index contributed by atoms with van der Waals surface area (Å²) in [6.45, 7) is 13.5. The largest absolute Gasteiger partial charge is 0.381 e. The number of amides is 2. The van der Waals surface area contributed by atoms with Gasteiger partial charge in [0, 0.05) is 120 Å². The Morgan fingerprint density at radius 2 is 1.38 bits per heavy atom. The van der Waals surface area contributed by atoms with Gasteiger partial charge >= 0.3 is 0 Å². The van der Waals surface area contributed by atoms with Crippen LogP contribution in [0.1, 0.15) is 88.8 Å². The molecule has 13 nitrogen and oxygen atoms in total. The average molecular weight is 896 g/mol. The van der Waals surface area contributed by atoms with Gasteiger partial charge in [0.25, 0.3) is 5.91 Å². The van der Waals surface area contributed by atoms with Crippen LogP contribution in [0.5, 0.6) is 0 Å². The van der Waals surface area contributed by atoms with Gasteiger partial charge in [-0.1, -0.05) is 23.7 Å². The van der Waals surface area contributed by atoms with Gasteiger partial charge in [-0.2, -0.15) is 9.57 Å². The van der Waals surface area contributed by atoms with E-state index in [4.69, 9.17) is 16.9 Å². The van der Waals surface area contributed by atoms with Crippen molar-refractivity contribution in [2.24, 2.45) is 0 Å². The van der Waals surface area contributed by atoms with Crippen molar-refractivity contribution in [3.8, 4) is 6.07 Å². The molecule has 0 bridgehead atoms. The highest BCUT2D eigenvalue weighted by molar-refractivity contribution is 7.88. The number of aromatic nitrogens is 3. The quantitative estimate of drug-likeness (QED) is 0.135. The van der Waals surface area contributed by atoms with Gasteiger partial charge in [-0.15, -0.1) is 0 Å². The number of aliphatic hydroxyl groups is 1. The number of piperidine rings is 2. The van der Waals surface area contributed by atoms with Gasteiger partial charge in [0.15, 0.2) is 0 Å². The lowest BCUT2D eigenvalue weighted by Gasteiger charge is -2.45. The Hall–Kier alpha value is -5.33. The number of hydrogen-bond donors (Lipinski definition) is 4. The predicted octanol–water partition coefficient (Wildman–Crippen LogP) is 8.09. The number of carbonyl (C=O) groups is 2. The molecule has 3 aliphatic rings. The predicted molar refractivity (Wildman–Crippen MR) is 252 cm³/mol. The number of halogens is 1. The molecular formula is C48H59ClN8O5S. The van der Waals surface area contributed by atoms with Crippen LogP contribution in [-0.4, -0.2) is 118 Å². The molecule has 4 N–H and O–H groups in total. The SMILES string of the molecule is CC(=O)N1CCC(c2cccc3[nH]ccc23)CC1(C)C.CC(C)(O)C(=O)N1CCC(c2cc(Cl)cc3[nH]ccc23)CC1.CS(=O)(=O)N1CCN(c2cc(C#N)cc3[nH]ccc23)CC1. The molecule has 3 aliphatic heterocycles. The van der Waals surface area contributed by atoms with E-state index in [-0.39, 0.29) is 17.4 Å². The number of H-pyrrole nitrogens is 3. The first-order valence-corrected chi connectivity index (χ1v) is 23.9. The van der Waals surface area contributed by atoms with E-state index in [0.717, 1.165) is 59.4 Å². The smallest absolute Gasteiger partial charge is 0.253 e. The number of anilines is 1. The fourth-order valence-corrected chi connectivity index (χ4v) is 10.8. The van der Waals surface area contributed by atoms with Crippen molar-refractivity contribution in [1.29, 1.82) is 5.26 Å². The minimum atomic E-state index is -3.13. The molecule has 0 radical (unpaired) electrons. The zero-order chi connectivity index (χ0) is 45.3. The highest BCUT2D eigenvalue weighted by Crippen LogP contribution is 2.40. The molecule has 3 aromatic heterocycles. The van der Waals surface area contributed by atoms with E-state index in [9.17, 15) is 23.1 Å². The number of benzene rings is 3. The van der Waals surface area contributed by atoms with Crippen LogP contribution in [0.15, 0.2) is 79.3 Å². The highest BCUT2D eigenvalue weighted by Gasteiger charge is 2.37. The van der Waals surface area contributed by atoms with Gasteiger partial charge in [-0.05, 0) is 125 Å². The maximum Gasteiger partial charge on any atom is 0.253 e. The van der Waals surface area contributed by atoms with Gasteiger partial charge < -0.3 is 34.8 Å². The number of rotatable bonds is 5. The van der Waals surface area contributed by atoms with Crippen molar-refractivity contribution in [3.63, 3.8) is 0 Å². The summed E-state index contributed by atoms with van der Waals surface area (Å²) < 4.78 is 24.6. The minimum absolute atomic E-state index is 0.0623. The van der Waals surface area contributed by atoms with Crippen LogP contribution in [0.2, 0.25) is 5.02 Å². The lowest BCUT2D eigenvalue weighted by atomic mass is 9.78. The fraction of sp³-hybridized carbons (Fsp3) is 0.438. The summed E-state index contributed by atoms with van der Waals surface area (Å²) in [6, 6.07) is 22.5. The summed E-state index contributed by atoms with van der Waals surface area (Å²) in [6.07, 6.45) is 10.9. The zero-order valence-electron chi connectivity index (χ0n) is 37.0. The number of hydrogen-bond acceptors (Lipinski definition) is 7. The summed E-state index contributed by atoms with van der Waals surface area (Å²) in [5.74, 6) is 0.917. The molecule has 334 valence electrons. The van der Waals surface area contributed by atoms with Crippen molar-refractivity contribution in [1.82, 2.24) is 29.1 Å². The third-order valence-electron chi connectivity index (χ3n) is 12.9. The standard InChI is InChI=1S/C17H21ClN2O2.C17H22N2O.C14H16N4O2S/c1-17(2,22)16(21)20-7-4-11(5-8-20)14-9-12(18)10-15-13(14)3-6-19-15;1-12(20)19-10-8-13(11-17(19,2)3)14-5-4-6-16-15(14)7-9-18-16;1-21(19,20)18-6-4-17(5-7-18)14-9-11(10-15)8-13-12(14)2-3-16-13/h3,6,9-11,19,22H,4-5,7-8H2,1-2H3;4-7,9,13,18H,8,10-11H2,1-3H3;2-3,8-9,16H,4-7H2,1H3. The number of nitrogens with zero attached hydrogens (tertiary/aromatic N) is 5. The minimum Gasteiger partial charge on any atom is -0.381 e. The van der Waals surface area contributed by atoms with Crippen LogP contribution < -0.4 is 4.90 Å². The number of piperazine rings is 1. The van der Waals surface area contributed by atoms with E-state index in [2.05, 4.69) is 70.1 Å². The number of nitriles is 1. The van der Waals surface area contributed by atoms with E-state index in [0.29, 0.717) is 56.7 Å². The van der Waals surface area contributed by atoms with E-state index in [1.807, 2.05) is 53.8 Å². The molecule has 63 heavy (non-hydrogen) atoms. The van der Waals surface area contributed by atoms with Crippen LogP contribution in [-0.2, 0) is 19.6 Å². The van der Waals surface area contributed by atoms with E-state index in [1.54, 1.807) is 25.7 Å². The Morgan fingerprint density at radius 3 is 1.97 bits per heavy atom. The third kappa shape index (κ3) is 10.2. The number of aromatic amines is 3. The van der Waals surface area contributed by atoms with Crippen molar-refractivity contribution < 1.29 is 23.1 Å². The van der Waals surface area contributed by atoms with Gasteiger partial charge in [0.2, 0.25) is 15.9 Å². The van der Waals surface area contributed by atoms with Crippen molar-refractivity contribution in [2.45, 2.75) is 83.3 Å². The number of likely N-dealkylation sites (tertiary alicyclic amines) is 2. The first-order valence-electron chi connectivity index (χ1n) is 21.7. The maximum atomic E-state index is 12.1. The van der Waals surface area contributed by atoms with Crippen LogP contribution in [0.3, 0.4) is 0 Å². The first kappa shape index (κ1) is 45.7. The molecule has 1 unspecified atom stereocenters. The summed E-state index contributed by atoms with van der Waals surface area (Å²) >= 11 is 6.22. The van der Waals surface area contributed by atoms with Crippen LogP contribution in [0.4, 0.5) is 5.69 Å². The van der Waals surface area contributed by atoms with Crippen molar-refractivity contribution in [2.75, 3.05) is 57.0 Å². The summed E-state index contributed by atoms with van der Waals surface area (Å²) in [4.78, 5) is 39.4. The molecule has 6 aromatic rings. The molecule has 3 fully saturated rings. The summed E-state index contributed by atoms with van der Waals surface area (Å²) in [7, 11) is -3.13. The second-order valence-electron chi connectivity index (χ2n) is 18.2.